The fourth-order valence-corrected chi connectivity index (χ4v) is 2.38. The van der Waals surface area contributed by atoms with Crippen LogP contribution >= 0.6 is 15.9 Å². The van der Waals surface area contributed by atoms with Crippen LogP contribution in [0.15, 0.2) is 40.9 Å². The average Bonchev–Trinajstić information content (AvgIpc) is 2.33. The molecule has 2 aromatic carbocycles. The van der Waals surface area contributed by atoms with Crippen molar-refractivity contribution in [3.05, 3.63) is 52.5 Å². The van der Waals surface area contributed by atoms with Crippen molar-refractivity contribution < 1.29 is 21.4 Å². The van der Waals surface area contributed by atoms with Gasteiger partial charge in [-0.1, -0.05) is 12.1 Å². The summed E-state index contributed by atoms with van der Waals surface area (Å²) in [7, 11) is -3.62. The average molecular weight is 363 g/mol. The molecule has 20 heavy (non-hydrogen) atoms. The van der Waals surface area contributed by atoms with Crippen LogP contribution in [0.1, 0.15) is 0 Å². The Kier molecular flexibility index (Phi) is 4.10. The number of hydrogen-bond donors (Lipinski definition) is 0. The number of halogens is 3. The molecule has 0 spiro atoms. The summed E-state index contributed by atoms with van der Waals surface area (Å²) in [5.41, 5.74) is 0.492. The Bertz CT molecular complexity index is 743. The molecule has 2 rings (SSSR count). The van der Waals surface area contributed by atoms with Crippen LogP contribution in [0.25, 0.3) is 11.1 Å². The summed E-state index contributed by atoms with van der Waals surface area (Å²) in [6, 6.07) is 7.74. The lowest BCUT2D eigenvalue weighted by atomic mass is 10.1. The van der Waals surface area contributed by atoms with E-state index in [1.54, 1.807) is 0 Å². The van der Waals surface area contributed by atoms with E-state index < -0.39 is 21.8 Å². The van der Waals surface area contributed by atoms with Gasteiger partial charge in [-0.25, -0.2) is 8.78 Å². The quantitative estimate of drug-likeness (QED) is 0.617. The van der Waals surface area contributed by atoms with Crippen LogP contribution in [-0.4, -0.2) is 14.7 Å². The van der Waals surface area contributed by atoms with Gasteiger partial charge in [-0.15, -0.1) is 0 Å². The highest BCUT2D eigenvalue weighted by Crippen LogP contribution is 2.29. The van der Waals surface area contributed by atoms with Crippen LogP contribution in [0.5, 0.6) is 5.75 Å². The molecule has 106 valence electrons. The first kappa shape index (κ1) is 14.9. The summed E-state index contributed by atoms with van der Waals surface area (Å²) in [6.45, 7) is 0. The zero-order chi connectivity index (χ0) is 14.9. The molecule has 3 nitrogen and oxygen atoms in total. The lowest BCUT2D eigenvalue weighted by Crippen LogP contribution is -2.05. The third-order valence-corrected chi connectivity index (χ3v) is 3.53. The summed E-state index contributed by atoms with van der Waals surface area (Å²) in [5, 5.41) is 0. The first-order valence-electron chi connectivity index (χ1n) is 5.41. The second kappa shape index (κ2) is 5.49. The Labute approximate surface area is 123 Å². The van der Waals surface area contributed by atoms with Gasteiger partial charge in [0.05, 0.1) is 10.7 Å². The molecule has 0 fully saturated rings. The molecule has 0 radical (unpaired) electrons. The van der Waals surface area contributed by atoms with E-state index in [1.807, 2.05) is 0 Å². The highest BCUT2D eigenvalue weighted by Gasteiger charge is 2.11. The number of hydrogen-bond acceptors (Lipinski definition) is 3. The van der Waals surface area contributed by atoms with Crippen LogP contribution < -0.4 is 4.18 Å². The monoisotopic (exact) mass is 362 g/mol. The third kappa shape index (κ3) is 3.55. The van der Waals surface area contributed by atoms with Crippen molar-refractivity contribution in [3.63, 3.8) is 0 Å². The van der Waals surface area contributed by atoms with Crippen LogP contribution in [-0.2, 0) is 10.1 Å². The van der Waals surface area contributed by atoms with Crippen molar-refractivity contribution in [2.24, 2.45) is 0 Å². The van der Waals surface area contributed by atoms with E-state index >= 15 is 0 Å². The van der Waals surface area contributed by atoms with Crippen molar-refractivity contribution in [2.75, 3.05) is 6.26 Å². The fraction of sp³-hybridized carbons (Fsp3) is 0.0769. The van der Waals surface area contributed by atoms with Crippen molar-refractivity contribution in [3.8, 4) is 16.9 Å². The number of benzene rings is 2. The molecule has 0 bridgehead atoms. The molecule has 7 heteroatoms. The molecule has 0 amide bonds. The molecule has 0 aliphatic rings. The highest BCUT2D eigenvalue weighted by molar-refractivity contribution is 9.10. The van der Waals surface area contributed by atoms with E-state index in [0.717, 1.165) is 18.4 Å². The highest BCUT2D eigenvalue weighted by atomic mass is 79.9. The maximum absolute atomic E-state index is 13.8. The van der Waals surface area contributed by atoms with Crippen molar-refractivity contribution in [1.82, 2.24) is 0 Å². The summed E-state index contributed by atoms with van der Waals surface area (Å²) in [6.07, 6.45) is 0.921. The van der Waals surface area contributed by atoms with E-state index in [0.29, 0.717) is 5.56 Å². The van der Waals surface area contributed by atoms with Crippen molar-refractivity contribution in [1.29, 1.82) is 0 Å². The van der Waals surface area contributed by atoms with E-state index in [-0.39, 0.29) is 15.8 Å². The van der Waals surface area contributed by atoms with Gasteiger partial charge in [0.2, 0.25) is 0 Å². The third-order valence-electron chi connectivity index (χ3n) is 2.42. The van der Waals surface area contributed by atoms with Gasteiger partial charge < -0.3 is 4.18 Å². The lowest BCUT2D eigenvalue weighted by Gasteiger charge is -2.07. The first-order chi connectivity index (χ1) is 9.26. The summed E-state index contributed by atoms with van der Waals surface area (Å²) in [4.78, 5) is 0. The predicted molar refractivity (Wildman–Crippen MR) is 75.0 cm³/mol. The Morgan fingerprint density at radius 2 is 1.65 bits per heavy atom. The molecular formula is C13H9BrF2O3S. The second-order valence-electron chi connectivity index (χ2n) is 4.06. The largest absolute Gasteiger partial charge is 0.383 e. The first-order valence-corrected chi connectivity index (χ1v) is 8.01. The van der Waals surface area contributed by atoms with Crippen LogP contribution in [0.3, 0.4) is 0 Å². The van der Waals surface area contributed by atoms with Crippen LogP contribution in [0.2, 0.25) is 0 Å². The van der Waals surface area contributed by atoms with Gasteiger partial charge in [-0.2, -0.15) is 8.42 Å². The normalized spacial score (nSPS) is 11.4. The van der Waals surface area contributed by atoms with Crippen LogP contribution in [0.4, 0.5) is 8.78 Å². The zero-order valence-corrected chi connectivity index (χ0v) is 12.6. The summed E-state index contributed by atoms with van der Waals surface area (Å²) >= 11 is 2.90. The molecule has 0 N–H and O–H groups in total. The molecule has 0 saturated carbocycles. The predicted octanol–water partition coefficient (Wildman–Crippen LogP) is 3.73. The van der Waals surface area contributed by atoms with Gasteiger partial charge in [0.25, 0.3) is 0 Å². The molecule has 0 aliphatic heterocycles. The fourth-order valence-electron chi connectivity index (χ4n) is 1.61. The smallest absolute Gasteiger partial charge is 0.306 e. The zero-order valence-electron chi connectivity index (χ0n) is 10.2. The minimum atomic E-state index is -3.62. The van der Waals surface area contributed by atoms with E-state index in [4.69, 9.17) is 0 Å². The maximum atomic E-state index is 13.8. The molecule has 0 aliphatic carbocycles. The molecule has 2 aromatic rings. The molecule has 0 saturated heterocycles. The maximum Gasteiger partial charge on any atom is 0.306 e. The Morgan fingerprint density at radius 1 is 1.05 bits per heavy atom. The topological polar surface area (TPSA) is 43.4 Å². The van der Waals surface area contributed by atoms with Crippen molar-refractivity contribution in [2.45, 2.75) is 0 Å². The van der Waals surface area contributed by atoms with Gasteiger partial charge in [0, 0.05) is 5.56 Å². The Balaban J connectivity index is 2.38. The summed E-state index contributed by atoms with van der Waals surface area (Å²) in [5.74, 6) is -1.07. The molecule has 0 unspecified atom stereocenters. The minimum absolute atomic E-state index is 0.0378. The standard InChI is InChI=1S/C13H9BrF2O3S/c1-20(17,18)19-9-4-2-8(3-5-9)10-6-13(16)11(14)7-12(10)15/h2-7H,1H3. The van der Waals surface area contributed by atoms with Crippen molar-refractivity contribution >= 4 is 26.0 Å². The van der Waals surface area contributed by atoms with E-state index in [2.05, 4.69) is 20.1 Å². The Hall–Kier alpha value is -1.47. The second-order valence-corrected chi connectivity index (χ2v) is 6.49. The molecule has 0 aromatic heterocycles. The Morgan fingerprint density at radius 3 is 2.20 bits per heavy atom. The van der Waals surface area contributed by atoms with E-state index in [1.165, 1.54) is 24.3 Å². The minimum Gasteiger partial charge on any atom is -0.383 e. The summed E-state index contributed by atoms with van der Waals surface area (Å²) < 4.78 is 53.8. The van der Waals surface area contributed by atoms with E-state index in [9.17, 15) is 17.2 Å². The lowest BCUT2D eigenvalue weighted by molar-refractivity contribution is 0.493. The molecule has 0 atom stereocenters. The number of rotatable bonds is 3. The van der Waals surface area contributed by atoms with Crippen LogP contribution in [0, 0.1) is 11.6 Å². The van der Waals surface area contributed by atoms with Gasteiger partial charge in [-0.05, 0) is 45.8 Å². The molecule has 0 heterocycles. The van der Waals surface area contributed by atoms with Gasteiger partial charge in [0.1, 0.15) is 17.4 Å². The van der Waals surface area contributed by atoms with Gasteiger partial charge >= 0.3 is 10.1 Å². The van der Waals surface area contributed by atoms with Gasteiger partial charge in [0.15, 0.2) is 0 Å². The SMILES string of the molecule is CS(=O)(=O)Oc1ccc(-c2cc(F)c(Br)cc2F)cc1. The molecular weight excluding hydrogens is 354 g/mol. The van der Waals surface area contributed by atoms with Gasteiger partial charge in [-0.3, -0.25) is 0 Å².